The van der Waals surface area contributed by atoms with Crippen molar-refractivity contribution in [3.63, 3.8) is 0 Å². The molecule has 1 aromatic carbocycles. The first-order chi connectivity index (χ1) is 12.2. The summed E-state index contributed by atoms with van der Waals surface area (Å²) >= 11 is 1.58. The molecule has 0 N–H and O–H groups in total. The maximum absolute atomic E-state index is 14.3. The summed E-state index contributed by atoms with van der Waals surface area (Å²) in [5, 5.41) is 10.7. The molecule has 4 heterocycles. The number of aromatic nitrogens is 4. The van der Waals surface area contributed by atoms with Crippen molar-refractivity contribution < 1.29 is 9.13 Å². The van der Waals surface area contributed by atoms with Crippen LogP contribution in [0.25, 0.3) is 31.6 Å². The molecule has 0 amide bonds. The van der Waals surface area contributed by atoms with E-state index in [1.54, 1.807) is 29.1 Å². The lowest BCUT2D eigenvalue weighted by molar-refractivity contribution is -0.0390. The van der Waals surface area contributed by atoms with Crippen LogP contribution in [0.1, 0.15) is 25.5 Å². The Hall–Kier alpha value is -2.25. The van der Waals surface area contributed by atoms with Crippen molar-refractivity contribution in [1.29, 1.82) is 0 Å². The largest absolute Gasteiger partial charge is 0.357 e. The second-order valence-electron chi connectivity index (χ2n) is 6.50. The summed E-state index contributed by atoms with van der Waals surface area (Å²) in [5.74, 6) is -0.292. The van der Waals surface area contributed by atoms with Gasteiger partial charge in [0, 0.05) is 41.7 Å². The highest BCUT2D eigenvalue weighted by molar-refractivity contribution is 7.21. The van der Waals surface area contributed by atoms with Crippen molar-refractivity contribution in [2.45, 2.75) is 25.5 Å². The van der Waals surface area contributed by atoms with Crippen molar-refractivity contribution in [1.82, 2.24) is 19.6 Å². The van der Waals surface area contributed by atoms with Gasteiger partial charge in [-0.25, -0.2) is 9.07 Å². The predicted molar refractivity (Wildman–Crippen MR) is 96.1 cm³/mol. The van der Waals surface area contributed by atoms with Crippen LogP contribution < -0.4 is 0 Å². The summed E-state index contributed by atoms with van der Waals surface area (Å²) in [4.78, 5) is 1.97. The van der Waals surface area contributed by atoms with Gasteiger partial charge in [0.2, 0.25) is 0 Å². The minimum Gasteiger partial charge on any atom is -0.357 e. The molecule has 5 nitrogen and oxygen atoms in total. The van der Waals surface area contributed by atoms with Crippen molar-refractivity contribution in [2.75, 3.05) is 6.61 Å². The lowest BCUT2D eigenvalue weighted by Crippen LogP contribution is -2.18. The Bertz CT molecular complexity index is 1040. The number of fused-ring (bicyclic) bond motifs is 2. The fraction of sp³-hybridized carbons (Fsp3) is 0.333. The lowest BCUT2D eigenvalue weighted by atomic mass is 10.1. The molecule has 4 aromatic rings. The first-order valence-corrected chi connectivity index (χ1v) is 9.22. The summed E-state index contributed by atoms with van der Waals surface area (Å²) in [5.41, 5.74) is 1.27. The van der Waals surface area contributed by atoms with E-state index in [0.29, 0.717) is 5.52 Å². The van der Waals surface area contributed by atoms with Crippen molar-refractivity contribution in [3.05, 3.63) is 36.4 Å². The molecule has 128 valence electrons. The van der Waals surface area contributed by atoms with Gasteiger partial charge in [0.15, 0.2) is 5.82 Å². The molecular formula is C18H17FN4OS. The van der Waals surface area contributed by atoms with E-state index >= 15 is 0 Å². The lowest BCUT2D eigenvalue weighted by Gasteiger charge is -2.22. The van der Waals surface area contributed by atoms with Crippen LogP contribution in [0.5, 0.6) is 0 Å². The highest BCUT2D eigenvalue weighted by Gasteiger charge is 2.18. The molecule has 0 bridgehead atoms. The molecule has 0 radical (unpaired) electrons. The van der Waals surface area contributed by atoms with Crippen LogP contribution in [0.2, 0.25) is 0 Å². The molecule has 1 fully saturated rings. The monoisotopic (exact) mass is 356 g/mol. The number of aryl methyl sites for hydroxylation is 1. The number of hydrogen-bond acceptors (Lipinski definition) is 4. The normalized spacial score (nSPS) is 18.4. The summed E-state index contributed by atoms with van der Waals surface area (Å²) in [6.07, 6.45) is 7.21. The average Bonchev–Trinajstić information content (AvgIpc) is 3.27. The molecule has 1 saturated heterocycles. The maximum atomic E-state index is 14.3. The third-order valence-corrected chi connectivity index (χ3v) is 5.71. The van der Waals surface area contributed by atoms with E-state index in [4.69, 9.17) is 4.74 Å². The van der Waals surface area contributed by atoms with Gasteiger partial charge in [-0.15, -0.1) is 11.3 Å². The highest BCUT2D eigenvalue weighted by Crippen LogP contribution is 2.36. The van der Waals surface area contributed by atoms with Gasteiger partial charge in [0.1, 0.15) is 16.6 Å². The second kappa shape index (κ2) is 5.64. The zero-order valence-electron chi connectivity index (χ0n) is 13.8. The standard InChI is InChI=1S/C18H17FN4OS/c1-22-9-12-6-11(7-14(19)17(12)20-22)15-8-13-10-23(21-18(13)25-15)16-4-2-3-5-24-16/h6-10,16H,2-5H2,1H3. The van der Waals surface area contributed by atoms with Gasteiger partial charge < -0.3 is 4.74 Å². The first-order valence-electron chi connectivity index (χ1n) is 8.41. The average molecular weight is 356 g/mol. The van der Waals surface area contributed by atoms with Gasteiger partial charge in [-0.2, -0.15) is 10.2 Å². The molecule has 25 heavy (non-hydrogen) atoms. The van der Waals surface area contributed by atoms with Crippen molar-refractivity contribution in [3.8, 4) is 10.4 Å². The Morgan fingerprint density at radius 3 is 2.88 bits per heavy atom. The molecule has 0 spiro atoms. The Balaban J connectivity index is 1.53. The molecule has 0 aliphatic carbocycles. The predicted octanol–water partition coefficient (Wildman–Crippen LogP) is 4.49. The van der Waals surface area contributed by atoms with Gasteiger partial charge in [-0.1, -0.05) is 0 Å². The van der Waals surface area contributed by atoms with Gasteiger partial charge in [0.05, 0.1) is 0 Å². The molecule has 3 aromatic heterocycles. The van der Waals surface area contributed by atoms with Crippen LogP contribution in [-0.2, 0) is 11.8 Å². The van der Waals surface area contributed by atoms with E-state index in [-0.39, 0.29) is 12.0 Å². The van der Waals surface area contributed by atoms with Gasteiger partial charge in [-0.05, 0) is 43.0 Å². The zero-order chi connectivity index (χ0) is 17.0. The number of nitrogens with zero attached hydrogens (tertiary/aromatic N) is 4. The Morgan fingerprint density at radius 2 is 2.08 bits per heavy atom. The zero-order valence-corrected chi connectivity index (χ0v) is 14.6. The minimum absolute atomic E-state index is 0.0426. The Morgan fingerprint density at radius 1 is 1.16 bits per heavy atom. The van der Waals surface area contributed by atoms with Gasteiger partial charge in [0.25, 0.3) is 0 Å². The number of hydrogen-bond donors (Lipinski definition) is 0. The molecule has 1 aliphatic heterocycles. The smallest absolute Gasteiger partial charge is 0.151 e. The number of ether oxygens (including phenoxy) is 1. The third-order valence-electron chi connectivity index (χ3n) is 4.63. The number of halogens is 1. The van der Waals surface area contributed by atoms with Crippen LogP contribution in [0.15, 0.2) is 30.6 Å². The molecule has 5 rings (SSSR count). The molecule has 7 heteroatoms. The highest BCUT2D eigenvalue weighted by atomic mass is 32.1. The van der Waals surface area contributed by atoms with E-state index in [9.17, 15) is 4.39 Å². The van der Waals surface area contributed by atoms with Crippen LogP contribution in [0, 0.1) is 5.82 Å². The summed E-state index contributed by atoms with van der Waals surface area (Å²) < 4.78 is 23.7. The van der Waals surface area contributed by atoms with E-state index in [1.807, 2.05) is 23.1 Å². The number of benzene rings is 1. The minimum atomic E-state index is -0.292. The topological polar surface area (TPSA) is 44.9 Å². The van der Waals surface area contributed by atoms with E-state index in [0.717, 1.165) is 45.5 Å². The first kappa shape index (κ1) is 15.0. The van der Waals surface area contributed by atoms with Gasteiger partial charge >= 0.3 is 0 Å². The summed E-state index contributed by atoms with van der Waals surface area (Å²) in [7, 11) is 1.80. The van der Waals surface area contributed by atoms with Gasteiger partial charge in [-0.3, -0.25) is 4.68 Å². The van der Waals surface area contributed by atoms with Crippen LogP contribution in [0.3, 0.4) is 0 Å². The summed E-state index contributed by atoms with van der Waals surface area (Å²) in [6.45, 7) is 0.799. The van der Waals surface area contributed by atoms with Crippen LogP contribution in [-0.4, -0.2) is 26.2 Å². The molecule has 0 saturated carbocycles. The van der Waals surface area contributed by atoms with E-state index in [1.165, 1.54) is 6.42 Å². The Kier molecular flexibility index (Phi) is 3.39. The Labute approximate surface area is 147 Å². The third kappa shape index (κ3) is 2.54. The van der Waals surface area contributed by atoms with Crippen LogP contribution in [0.4, 0.5) is 4.39 Å². The quantitative estimate of drug-likeness (QED) is 0.532. The molecule has 1 unspecified atom stereocenters. The van der Waals surface area contributed by atoms with Crippen LogP contribution >= 0.6 is 11.3 Å². The SMILES string of the molecule is Cn1cc2cc(-c3cc4cn(C5CCCCO5)nc4s3)cc(F)c2n1. The van der Waals surface area contributed by atoms with E-state index in [2.05, 4.69) is 16.3 Å². The number of thiophene rings is 1. The fourth-order valence-electron chi connectivity index (χ4n) is 3.42. The number of rotatable bonds is 2. The van der Waals surface area contributed by atoms with Crippen molar-refractivity contribution >= 4 is 32.5 Å². The summed E-state index contributed by atoms with van der Waals surface area (Å²) in [6, 6.07) is 5.61. The van der Waals surface area contributed by atoms with Crippen molar-refractivity contribution in [2.24, 2.45) is 7.05 Å². The molecule has 1 aliphatic rings. The molecular weight excluding hydrogens is 339 g/mol. The van der Waals surface area contributed by atoms with E-state index < -0.39 is 0 Å². The fourth-order valence-corrected chi connectivity index (χ4v) is 4.41. The second-order valence-corrected chi connectivity index (χ2v) is 7.53. The molecule has 1 atom stereocenters. The maximum Gasteiger partial charge on any atom is 0.151 e.